The van der Waals surface area contributed by atoms with Crippen LogP contribution in [0.15, 0.2) is 59.1 Å². The third-order valence-electron chi connectivity index (χ3n) is 8.16. The van der Waals surface area contributed by atoms with Crippen LogP contribution in [0, 0.1) is 11.7 Å². The molecule has 1 saturated carbocycles. The number of hydrogen-bond donors (Lipinski definition) is 1. The summed E-state index contributed by atoms with van der Waals surface area (Å²) in [5.41, 5.74) is 1.72. The fourth-order valence-electron chi connectivity index (χ4n) is 6.19. The monoisotopic (exact) mass is 521 g/mol. The number of ether oxygens (including phenoxy) is 1. The average molecular weight is 522 g/mol. The van der Waals surface area contributed by atoms with Gasteiger partial charge < -0.3 is 19.1 Å². The summed E-state index contributed by atoms with van der Waals surface area (Å²) >= 11 is 0. The molecule has 0 radical (unpaired) electrons. The maximum atomic E-state index is 12.8. The summed E-state index contributed by atoms with van der Waals surface area (Å²) in [7, 11) is 0. The van der Waals surface area contributed by atoms with Gasteiger partial charge in [0.2, 0.25) is 11.7 Å². The van der Waals surface area contributed by atoms with Gasteiger partial charge in [0, 0.05) is 43.0 Å². The highest BCUT2D eigenvalue weighted by Gasteiger charge is 2.48. The molecule has 8 heteroatoms. The SMILES string of the molecule is CC(=O)OC1C[N+]2(Cc3noc(C4CCCCC4)n3)CCC1CC2.Fc1cccc(Nc2ccccc2)c1. The molecule has 0 spiro atoms. The van der Waals surface area contributed by atoms with E-state index in [1.165, 1.54) is 51.2 Å². The van der Waals surface area contributed by atoms with E-state index < -0.39 is 0 Å². The third-order valence-corrected chi connectivity index (χ3v) is 8.16. The molecule has 2 bridgehead atoms. The summed E-state index contributed by atoms with van der Waals surface area (Å²) in [4.78, 5) is 16.1. The lowest BCUT2D eigenvalue weighted by Gasteiger charge is -2.51. The zero-order chi connectivity index (χ0) is 26.4. The number of rotatable bonds is 6. The van der Waals surface area contributed by atoms with Gasteiger partial charge in [0.1, 0.15) is 18.9 Å². The lowest BCUT2D eigenvalue weighted by Crippen LogP contribution is -2.63. The standard InChI is InChI=1S/C18H28N3O3.C12H10FN/c1-13(22)23-16-11-21(9-7-14(16)8-10-21)12-17-19-18(24-20-17)15-5-3-2-4-6-15;13-10-5-4-8-12(9-10)14-11-6-2-1-3-7-11/h14-16H,2-12H2,1H3;1-9,14H/q+1;. The van der Waals surface area contributed by atoms with Crippen molar-refractivity contribution in [2.75, 3.05) is 25.0 Å². The van der Waals surface area contributed by atoms with Gasteiger partial charge in [0.05, 0.1) is 13.1 Å². The highest BCUT2D eigenvalue weighted by atomic mass is 19.1. The number of piperidine rings is 3. The number of benzene rings is 2. The van der Waals surface area contributed by atoms with Crippen molar-refractivity contribution >= 4 is 17.3 Å². The lowest BCUT2D eigenvalue weighted by atomic mass is 9.83. The Morgan fingerprint density at radius 2 is 1.76 bits per heavy atom. The maximum Gasteiger partial charge on any atom is 0.303 e. The molecular formula is C30H38FN4O3+. The molecule has 1 aromatic heterocycles. The van der Waals surface area contributed by atoms with Gasteiger partial charge in [-0.2, -0.15) is 4.98 Å². The number of nitrogens with one attached hydrogen (secondary N) is 1. The zero-order valence-corrected chi connectivity index (χ0v) is 22.2. The number of quaternary nitrogens is 1. The van der Waals surface area contributed by atoms with E-state index in [4.69, 9.17) is 14.2 Å². The van der Waals surface area contributed by atoms with Crippen molar-refractivity contribution in [2.45, 2.75) is 70.4 Å². The normalized spacial score (nSPS) is 24.8. The Bertz CT molecular complexity index is 1190. The van der Waals surface area contributed by atoms with Crippen molar-refractivity contribution in [3.05, 3.63) is 72.1 Å². The summed E-state index contributed by atoms with van der Waals surface area (Å²) < 4.78 is 24.9. The van der Waals surface area contributed by atoms with Crippen molar-refractivity contribution < 1.29 is 22.9 Å². The summed E-state index contributed by atoms with van der Waals surface area (Å²) in [6.07, 6.45) is 8.55. The van der Waals surface area contributed by atoms with Gasteiger partial charge in [-0.3, -0.25) is 4.79 Å². The molecule has 4 aliphatic rings. The van der Waals surface area contributed by atoms with E-state index in [9.17, 15) is 9.18 Å². The van der Waals surface area contributed by atoms with Crippen LogP contribution in [0.5, 0.6) is 0 Å². The molecule has 4 heterocycles. The Morgan fingerprint density at radius 3 is 2.47 bits per heavy atom. The molecule has 2 aromatic carbocycles. The molecule has 38 heavy (non-hydrogen) atoms. The van der Waals surface area contributed by atoms with Crippen molar-refractivity contribution in [2.24, 2.45) is 5.92 Å². The minimum Gasteiger partial charge on any atom is -0.456 e. The summed E-state index contributed by atoms with van der Waals surface area (Å²) in [5.74, 6) is 2.28. The number of hydrogen-bond acceptors (Lipinski definition) is 6. The second kappa shape index (κ2) is 12.1. The Hall–Kier alpha value is -3.26. The van der Waals surface area contributed by atoms with E-state index in [2.05, 4.69) is 10.5 Å². The van der Waals surface area contributed by atoms with Crippen LogP contribution >= 0.6 is 0 Å². The quantitative estimate of drug-likeness (QED) is 0.301. The average Bonchev–Trinajstić information content (AvgIpc) is 3.38. The third kappa shape index (κ3) is 6.78. The highest BCUT2D eigenvalue weighted by molar-refractivity contribution is 5.66. The number of halogens is 1. The molecule has 3 aromatic rings. The molecule has 1 atom stereocenters. The highest BCUT2D eigenvalue weighted by Crippen LogP contribution is 2.37. The molecule has 4 fully saturated rings. The summed E-state index contributed by atoms with van der Waals surface area (Å²) in [6.45, 7) is 5.49. The smallest absolute Gasteiger partial charge is 0.303 e. The number of aromatic nitrogens is 2. The Morgan fingerprint density at radius 1 is 1.03 bits per heavy atom. The van der Waals surface area contributed by atoms with E-state index in [0.29, 0.717) is 11.8 Å². The lowest BCUT2D eigenvalue weighted by molar-refractivity contribution is -0.958. The first-order chi connectivity index (χ1) is 18.5. The molecule has 3 saturated heterocycles. The predicted octanol–water partition coefficient (Wildman–Crippen LogP) is 6.36. The Kier molecular flexibility index (Phi) is 8.37. The molecule has 0 amide bonds. The molecule has 1 N–H and O–H groups in total. The van der Waals surface area contributed by atoms with Crippen LogP contribution in [0.4, 0.5) is 15.8 Å². The first-order valence-electron chi connectivity index (χ1n) is 13.9. The fourth-order valence-corrected chi connectivity index (χ4v) is 6.19. The van der Waals surface area contributed by atoms with E-state index in [1.54, 1.807) is 6.07 Å². The van der Waals surface area contributed by atoms with Gasteiger partial charge in [0.25, 0.3) is 0 Å². The van der Waals surface area contributed by atoms with Gasteiger partial charge in [-0.05, 0) is 43.2 Å². The number of carbonyl (C=O) groups excluding carboxylic acids is 1. The number of fused-ring (bicyclic) bond motifs is 3. The van der Waals surface area contributed by atoms with Gasteiger partial charge in [-0.25, -0.2) is 4.39 Å². The van der Waals surface area contributed by atoms with Gasteiger partial charge in [-0.1, -0.05) is 48.7 Å². The summed E-state index contributed by atoms with van der Waals surface area (Å²) in [6, 6.07) is 16.1. The first kappa shape index (κ1) is 26.4. The van der Waals surface area contributed by atoms with Crippen LogP contribution in [0.3, 0.4) is 0 Å². The molecule has 3 aliphatic heterocycles. The number of carbonyl (C=O) groups is 1. The maximum absolute atomic E-state index is 12.8. The van der Waals surface area contributed by atoms with E-state index in [0.717, 1.165) is 66.6 Å². The number of nitrogens with zero attached hydrogens (tertiary/aromatic N) is 3. The molecular weight excluding hydrogens is 483 g/mol. The molecule has 1 aliphatic carbocycles. The van der Waals surface area contributed by atoms with Gasteiger partial charge >= 0.3 is 5.97 Å². The fraction of sp³-hybridized carbons (Fsp3) is 0.500. The zero-order valence-electron chi connectivity index (χ0n) is 22.2. The molecule has 1 unspecified atom stereocenters. The van der Waals surface area contributed by atoms with Crippen LogP contribution in [0.1, 0.15) is 69.5 Å². The van der Waals surface area contributed by atoms with E-state index >= 15 is 0 Å². The van der Waals surface area contributed by atoms with Crippen molar-refractivity contribution in [1.29, 1.82) is 0 Å². The minimum absolute atomic E-state index is 0.0646. The second-order valence-corrected chi connectivity index (χ2v) is 11.0. The number of anilines is 2. The molecule has 7 rings (SSSR count). The van der Waals surface area contributed by atoms with Crippen molar-refractivity contribution in [1.82, 2.24) is 10.1 Å². The van der Waals surface area contributed by atoms with E-state index in [-0.39, 0.29) is 17.9 Å². The number of para-hydroxylation sites is 1. The van der Waals surface area contributed by atoms with Crippen LogP contribution in [-0.2, 0) is 16.1 Å². The predicted molar refractivity (Wildman–Crippen MR) is 143 cm³/mol. The minimum atomic E-state index is -0.231. The van der Waals surface area contributed by atoms with Gasteiger partial charge in [-0.15, -0.1) is 0 Å². The van der Waals surface area contributed by atoms with Crippen molar-refractivity contribution in [3.8, 4) is 0 Å². The van der Waals surface area contributed by atoms with Crippen LogP contribution < -0.4 is 5.32 Å². The largest absolute Gasteiger partial charge is 0.456 e. The Balaban J connectivity index is 0.000000179. The van der Waals surface area contributed by atoms with E-state index in [1.807, 2.05) is 36.4 Å². The van der Waals surface area contributed by atoms with Crippen LogP contribution in [-0.4, -0.2) is 46.3 Å². The number of esters is 1. The molecule has 7 nitrogen and oxygen atoms in total. The molecule has 202 valence electrons. The van der Waals surface area contributed by atoms with Crippen LogP contribution in [0.2, 0.25) is 0 Å². The first-order valence-corrected chi connectivity index (χ1v) is 13.9. The Labute approximate surface area is 224 Å². The summed E-state index contributed by atoms with van der Waals surface area (Å²) in [5, 5.41) is 7.38. The van der Waals surface area contributed by atoms with Crippen LogP contribution in [0.25, 0.3) is 0 Å². The second-order valence-electron chi connectivity index (χ2n) is 11.0. The van der Waals surface area contributed by atoms with Gasteiger partial charge in [0.15, 0.2) is 6.10 Å². The topological polar surface area (TPSA) is 77.2 Å². The van der Waals surface area contributed by atoms with Crippen molar-refractivity contribution in [3.63, 3.8) is 0 Å².